The van der Waals surface area contributed by atoms with Crippen LogP contribution in [0.5, 0.6) is 0 Å². The van der Waals surface area contributed by atoms with Crippen molar-refractivity contribution in [2.75, 3.05) is 16.8 Å². The summed E-state index contributed by atoms with van der Waals surface area (Å²) in [6.45, 7) is 0.650. The molecule has 0 saturated carbocycles. The van der Waals surface area contributed by atoms with E-state index in [9.17, 15) is 4.79 Å². The van der Waals surface area contributed by atoms with E-state index >= 15 is 0 Å². The molecule has 1 aliphatic rings. The van der Waals surface area contributed by atoms with E-state index in [1.807, 2.05) is 42.2 Å². The number of carbonyl (C=O) groups is 1. The van der Waals surface area contributed by atoms with E-state index in [1.165, 1.54) is 0 Å². The standard InChI is InChI=1S/C17H16N8OS/c1-23-9-12(8-18-23)24-6-4-13(17(24)26)19-14-2-3-15-20-21-16(25(15)22-14)11-5-7-27-10-11/h2-3,5,7-10,13H,4,6H2,1H3,(H,19,22). The Labute approximate surface area is 158 Å². The van der Waals surface area contributed by atoms with Crippen LogP contribution in [0.25, 0.3) is 17.0 Å². The van der Waals surface area contributed by atoms with Gasteiger partial charge in [0.25, 0.3) is 0 Å². The third kappa shape index (κ3) is 2.74. The average Bonchev–Trinajstić information content (AvgIpc) is 3.43. The minimum Gasteiger partial charge on any atom is -0.357 e. The van der Waals surface area contributed by atoms with E-state index in [4.69, 9.17) is 0 Å². The monoisotopic (exact) mass is 380 g/mol. The number of hydrogen-bond donors (Lipinski definition) is 1. The number of aromatic nitrogens is 6. The quantitative estimate of drug-likeness (QED) is 0.580. The van der Waals surface area contributed by atoms with Crippen molar-refractivity contribution in [2.45, 2.75) is 12.5 Å². The van der Waals surface area contributed by atoms with Crippen molar-refractivity contribution in [3.8, 4) is 11.4 Å². The third-order valence-corrected chi connectivity index (χ3v) is 5.26. The number of aryl methyl sites for hydroxylation is 1. The molecule has 0 radical (unpaired) electrons. The first-order chi connectivity index (χ1) is 13.2. The van der Waals surface area contributed by atoms with Crippen molar-refractivity contribution >= 4 is 34.4 Å². The van der Waals surface area contributed by atoms with Gasteiger partial charge in [0.2, 0.25) is 5.91 Å². The summed E-state index contributed by atoms with van der Waals surface area (Å²) in [5.74, 6) is 1.32. The van der Waals surface area contributed by atoms with E-state index < -0.39 is 0 Å². The van der Waals surface area contributed by atoms with Gasteiger partial charge in [-0.1, -0.05) is 0 Å². The maximum absolute atomic E-state index is 12.8. The van der Waals surface area contributed by atoms with Crippen LogP contribution in [0.1, 0.15) is 6.42 Å². The fourth-order valence-electron chi connectivity index (χ4n) is 3.23. The minimum absolute atomic E-state index is 0.0201. The Hall–Kier alpha value is -3.27. The maximum atomic E-state index is 12.8. The van der Waals surface area contributed by atoms with Gasteiger partial charge in [-0.15, -0.1) is 15.3 Å². The molecule has 0 aromatic carbocycles. The van der Waals surface area contributed by atoms with Gasteiger partial charge in [0, 0.05) is 30.7 Å². The van der Waals surface area contributed by atoms with Gasteiger partial charge in [0.15, 0.2) is 11.5 Å². The topological polar surface area (TPSA) is 93.2 Å². The van der Waals surface area contributed by atoms with Crippen LogP contribution >= 0.6 is 11.3 Å². The van der Waals surface area contributed by atoms with E-state index in [-0.39, 0.29) is 11.9 Å². The van der Waals surface area contributed by atoms with Crippen LogP contribution in [-0.4, -0.2) is 48.1 Å². The predicted octanol–water partition coefficient (Wildman–Crippen LogP) is 1.80. The van der Waals surface area contributed by atoms with E-state index in [0.29, 0.717) is 30.3 Å². The maximum Gasteiger partial charge on any atom is 0.249 e. The smallest absolute Gasteiger partial charge is 0.249 e. The predicted molar refractivity (Wildman–Crippen MR) is 102 cm³/mol. The number of anilines is 2. The minimum atomic E-state index is -0.323. The molecule has 1 saturated heterocycles. The van der Waals surface area contributed by atoms with Crippen LogP contribution in [0, 0.1) is 0 Å². The van der Waals surface area contributed by atoms with Gasteiger partial charge in [-0.25, -0.2) is 0 Å². The first-order valence-electron chi connectivity index (χ1n) is 8.50. The SMILES string of the molecule is Cn1cc(N2CCC(Nc3ccc4nnc(-c5ccsc5)n4n3)C2=O)cn1. The van der Waals surface area contributed by atoms with E-state index in [0.717, 1.165) is 11.3 Å². The molecule has 1 aliphatic heterocycles. The Bertz CT molecular complexity index is 1120. The number of fused-ring (bicyclic) bond motifs is 1. The van der Waals surface area contributed by atoms with Gasteiger partial charge in [-0.2, -0.15) is 21.0 Å². The molecule has 27 heavy (non-hydrogen) atoms. The van der Waals surface area contributed by atoms with Crippen molar-refractivity contribution in [1.29, 1.82) is 0 Å². The van der Waals surface area contributed by atoms with Crippen molar-refractivity contribution in [3.05, 3.63) is 41.4 Å². The van der Waals surface area contributed by atoms with Crippen LogP contribution in [0.2, 0.25) is 0 Å². The van der Waals surface area contributed by atoms with Crippen molar-refractivity contribution in [3.63, 3.8) is 0 Å². The Morgan fingerprint density at radius 2 is 2.19 bits per heavy atom. The van der Waals surface area contributed by atoms with Gasteiger partial charge in [-0.3, -0.25) is 9.48 Å². The molecular formula is C17H16N8OS. The molecule has 5 rings (SSSR count). The van der Waals surface area contributed by atoms with Crippen LogP contribution < -0.4 is 10.2 Å². The first kappa shape index (κ1) is 15.9. The lowest BCUT2D eigenvalue weighted by Gasteiger charge is -2.15. The number of thiophene rings is 1. The summed E-state index contributed by atoms with van der Waals surface area (Å²) in [6.07, 6.45) is 4.25. The van der Waals surface area contributed by atoms with Gasteiger partial charge in [0.1, 0.15) is 11.9 Å². The fraction of sp³-hybridized carbons (Fsp3) is 0.235. The van der Waals surface area contributed by atoms with E-state index in [1.54, 1.807) is 31.6 Å². The Kier molecular flexibility index (Phi) is 3.64. The van der Waals surface area contributed by atoms with Gasteiger partial charge >= 0.3 is 0 Å². The molecule has 0 bridgehead atoms. The molecule has 1 amide bonds. The molecule has 0 aliphatic carbocycles. The third-order valence-electron chi connectivity index (χ3n) is 4.57. The van der Waals surface area contributed by atoms with Crippen molar-refractivity contribution in [1.82, 2.24) is 29.6 Å². The summed E-state index contributed by atoms with van der Waals surface area (Å²) in [7, 11) is 1.84. The van der Waals surface area contributed by atoms with Gasteiger partial charge in [0.05, 0.1) is 11.9 Å². The van der Waals surface area contributed by atoms with Crippen molar-refractivity contribution < 1.29 is 4.79 Å². The zero-order chi connectivity index (χ0) is 18.4. The second kappa shape index (κ2) is 6.16. The molecule has 5 heterocycles. The number of rotatable bonds is 4. The normalized spacial score (nSPS) is 17.1. The summed E-state index contributed by atoms with van der Waals surface area (Å²) in [5, 5.41) is 24.4. The summed E-state index contributed by atoms with van der Waals surface area (Å²) < 4.78 is 3.39. The number of amides is 1. The molecule has 0 spiro atoms. The Balaban J connectivity index is 1.40. The number of nitrogens with one attached hydrogen (secondary N) is 1. The highest BCUT2D eigenvalue weighted by Crippen LogP contribution is 2.24. The summed E-state index contributed by atoms with van der Waals surface area (Å²) >= 11 is 1.60. The molecule has 10 heteroatoms. The molecule has 4 aromatic rings. The molecule has 1 atom stereocenters. The zero-order valence-corrected chi connectivity index (χ0v) is 15.3. The molecule has 1 N–H and O–H groups in total. The molecule has 4 aromatic heterocycles. The van der Waals surface area contributed by atoms with Crippen LogP contribution in [0.4, 0.5) is 11.5 Å². The van der Waals surface area contributed by atoms with Gasteiger partial charge in [-0.05, 0) is 30.0 Å². The highest BCUT2D eigenvalue weighted by Gasteiger charge is 2.33. The molecule has 9 nitrogen and oxygen atoms in total. The van der Waals surface area contributed by atoms with E-state index in [2.05, 4.69) is 25.7 Å². The average molecular weight is 380 g/mol. The zero-order valence-electron chi connectivity index (χ0n) is 14.5. The van der Waals surface area contributed by atoms with Crippen LogP contribution in [-0.2, 0) is 11.8 Å². The number of nitrogens with zero attached hydrogens (tertiary/aromatic N) is 7. The molecular weight excluding hydrogens is 364 g/mol. The largest absolute Gasteiger partial charge is 0.357 e. The lowest BCUT2D eigenvalue weighted by molar-refractivity contribution is -0.117. The Morgan fingerprint density at radius 1 is 1.26 bits per heavy atom. The fourth-order valence-corrected chi connectivity index (χ4v) is 3.87. The Morgan fingerprint density at radius 3 is 2.96 bits per heavy atom. The highest BCUT2D eigenvalue weighted by molar-refractivity contribution is 7.08. The molecule has 1 fully saturated rings. The summed E-state index contributed by atoms with van der Waals surface area (Å²) in [4.78, 5) is 14.5. The number of carbonyl (C=O) groups excluding carboxylic acids is 1. The van der Waals surface area contributed by atoms with Crippen LogP contribution in [0.15, 0.2) is 41.4 Å². The second-order valence-corrected chi connectivity index (χ2v) is 7.15. The molecule has 1 unspecified atom stereocenters. The summed E-state index contributed by atoms with van der Waals surface area (Å²) in [6, 6.07) is 5.32. The van der Waals surface area contributed by atoms with Gasteiger partial charge < -0.3 is 10.2 Å². The van der Waals surface area contributed by atoms with Crippen LogP contribution in [0.3, 0.4) is 0 Å². The first-order valence-corrected chi connectivity index (χ1v) is 9.45. The second-order valence-electron chi connectivity index (χ2n) is 6.37. The number of hydrogen-bond acceptors (Lipinski definition) is 7. The lowest BCUT2D eigenvalue weighted by Crippen LogP contribution is -2.33. The lowest BCUT2D eigenvalue weighted by atomic mass is 10.2. The van der Waals surface area contributed by atoms with Crippen molar-refractivity contribution in [2.24, 2.45) is 7.05 Å². The summed E-state index contributed by atoms with van der Waals surface area (Å²) in [5.41, 5.74) is 2.45. The highest BCUT2D eigenvalue weighted by atomic mass is 32.1. The molecule has 136 valence electrons.